The highest BCUT2D eigenvalue weighted by molar-refractivity contribution is 7.18. The van der Waals surface area contributed by atoms with E-state index in [9.17, 15) is 14.4 Å². The number of aryl methyl sites for hydroxylation is 2. The van der Waals surface area contributed by atoms with Gasteiger partial charge in [-0.3, -0.25) is 19.0 Å². The Bertz CT molecular complexity index is 1360. The van der Waals surface area contributed by atoms with Crippen molar-refractivity contribution in [2.24, 2.45) is 0 Å². The van der Waals surface area contributed by atoms with E-state index in [2.05, 4.69) is 0 Å². The van der Waals surface area contributed by atoms with Crippen LogP contribution in [-0.2, 0) is 9.53 Å². The highest BCUT2D eigenvalue weighted by Crippen LogP contribution is 2.31. The normalized spacial score (nSPS) is 12.0. The molecular formula is C25H22N2O4S. The number of carbonyl (C=O) groups is 2. The Hall–Kier alpha value is -3.58. The van der Waals surface area contributed by atoms with Crippen LogP contribution in [0.1, 0.15) is 33.3 Å². The summed E-state index contributed by atoms with van der Waals surface area (Å²) in [5.41, 5.74) is 1.59. The molecule has 0 aliphatic rings. The zero-order chi connectivity index (χ0) is 22.8. The first kappa shape index (κ1) is 21.6. The Balaban J connectivity index is 2.04. The van der Waals surface area contributed by atoms with E-state index in [1.54, 1.807) is 30.3 Å². The molecule has 0 aliphatic carbocycles. The minimum atomic E-state index is -1.09. The van der Waals surface area contributed by atoms with Crippen LogP contribution in [0.25, 0.3) is 21.6 Å². The third kappa shape index (κ3) is 3.87. The summed E-state index contributed by atoms with van der Waals surface area (Å²) in [6, 6.07) is 16.8. The average Bonchev–Trinajstić information content (AvgIpc) is 3.11. The standard InChI is InChI=1S/C25H22N2O4S/c1-15-16(2)32-24-21(15)25(30)27(23(26-24)18-12-8-5-9-13-18)19(14-20(28)31-3)22(29)17-10-6-4-7-11-17/h4-13,19H,14H2,1-3H3. The maximum atomic E-state index is 13.8. The summed E-state index contributed by atoms with van der Waals surface area (Å²) in [5.74, 6) is -0.577. The van der Waals surface area contributed by atoms with Crippen molar-refractivity contribution in [3.8, 4) is 11.4 Å². The van der Waals surface area contributed by atoms with E-state index in [1.165, 1.54) is 23.0 Å². The number of carbonyl (C=O) groups excluding carboxylic acids is 2. The van der Waals surface area contributed by atoms with E-state index in [-0.39, 0.29) is 17.8 Å². The summed E-state index contributed by atoms with van der Waals surface area (Å²) in [6.45, 7) is 3.81. The van der Waals surface area contributed by atoms with Crippen LogP contribution in [0.15, 0.2) is 65.5 Å². The third-order valence-electron chi connectivity index (χ3n) is 5.53. The molecule has 4 aromatic rings. The van der Waals surface area contributed by atoms with Gasteiger partial charge in [0.25, 0.3) is 5.56 Å². The maximum absolute atomic E-state index is 13.8. The number of Topliss-reactive ketones (excluding diaryl/α,β-unsaturated/α-hetero) is 1. The van der Waals surface area contributed by atoms with Gasteiger partial charge in [-0.05, 0) is 19.4 Å². The summed E-state index contributed by atoms with van der Waals surface area (Å²) < 4.78 is 6.23. The molecule has 2 aromatic carbocycles. The van der Waals surface area contributed by atoms with Gasteiger partial charge in [-0.1, -0.05) is 60.7 Å². The lowest BCUT2D eigenvalue weighted by Gasteiger charge is -2.21. The van der Waals surface area contributed by atoms with Crippen LogP contribution < -0.4 is 5.56 Å². The van der Waals surface area contributed by atoms with Crippen molar-refractivity contribution < 1.29 is 14.3 Å². The van der Waals surface area contributed by atoms with Gasteiger partial charge in [0.2, 0.25) is 0 Å². The molecule has 7 heteroatoms. The molecule has 0 aliphatic heterocycles. The van der Waals surface area contributed by atoms with Gasteiger partial charge < -0.3 is 4.74 Å². The van der Waals surface area contributed by atoms with Crippen LogP contribution in [0.4, 0.5) is 0 Å². The molecule has 0 bridgehead atoms. The van der Waals surface area contributed by atoms with Crippen molar-refractivity contribution in [1.82, 2.24) is 9.55 Å². The molecule has 0 fully saturated rings. The first-order valence-corrected chi connectivity index (χ1v) is 11.0. The van der Waals surface area contributed by atoms with Crippen LogP contribution in [0, 0.1) is 13.8 Å². The topological polar surface area (TPSA) is 78.3 Å². The molecule has 0 saturated heterocycles. The number of hydrogen-bond donors (Lipinski definition) is 0. The number of ketones is 1. The molecule has 0 spiro atoms. The minimum absolute atomic E-state index is 0.278. The van der Waals surface area contributed by atoms with Gasteiger partial charge in [-0.2, -0.15) is 0 Å². The van der Waals surface area contributed by atoms with Crippen molar-refractivity contribution in [1.29, 1.82) is 0 Å². The molecule has 6 nitrogen and oxygen atoms in total. The fraction of sp³-hybridized carbons (Fsp3) is 0.200. The minimum Gasteiger partial charge on any atom is -0.469 e. The summed E-state index contributed by atoms with van der Waals surface area (Å²) in [7, 11) is 1.26. The van der Waals surface area contributed by atoms with Crippen LogP contribution in [0.5, 0.6) is 0 Å². The number of ether oxygens (including phenoxy) is 1. The maximum Gasteiger partial charge on any atom is 0.308 e. The highest BCUT2D eigenvalue weighted by Gasteiger charge is 2.30. The van der Waals surface area contributed by atoms with Crippen LogP contribution in [0.3, 0.4) is 0 Å². The van der Waals surface area contributed by atoms with Gasteiger partial charge >= 0.3 is 5.97 Å². The number of esters is 1. The van der Waals surface area contributed by atoms with Crippen molar-refractivity contribution in [3.63, 3.8) is 0 Å². The van der Waals surface area contributed by atoms with Crippen molar-refractivity contribution >= 4 is 33.3 Å². The molecule has 0 amide bonds. The van der Waals surface area contributed by atoms with Gasteiger partial charge in [-0.25, -0.2) is 4.98 Å². The number of nitrogens with zero attached hydrogens (tertiary/aromatic N) is 2. The number of aromatic nitrogens is 2. The van der Waals surface area contributed by atoms with E-state index >= 15 is 0 Å². The molecule has 2 aromatic heterocycles. The second-order valence-electron chi connectivity index (χ2n) is 7.47. The van der Waals surface area contributed by atoms with E-state index in [0.717, 1.165) is 10.4 Å². The summed E-state index contributed by atoms with van der Waals surface area (Å²) >= 11 is 1.44. The van der Waals surface area contributed by atoms with E-state index in [1.807, 2.05) is 44.2 Å². The number of benzene rings is 2. The molecule has 32 heavy (non-hydrogen) atoms. The number of methoxy groups -OCH3 is 1. The average molecular weight is 447 g/mol. The molecule has 0 saturated carbocycles. The van der Waals surface area contributed by atoms with Gasteiger partial charge in [0.05, 0.1) is 18.9 Å². The monoisotopic (exact) mass is 446 g/mol. The van der Waals surface area contributed by atoms with Crippen LogP contribution in [0.2, 0.25) is 0 Å². The lowest BCUT2D eigenvalue weighted by atomic mass is 10.00. The second-order valence-corrected chi connectivity index (χ2v) is 8.67. The first-order chi connectivity index (χ1) is 15.4. The van der Waals surface area contributed by atoms with Gasteiger partial charge in [0.15, 0.2) is 5.78 Å². The Labute approximate surface area is 189 Å². The highest BCUT2D eigenvalue weighted by atomic mass is 32.1. The lowest BCUT2D eigenvalue weighted by molar-refractivity contribution is -0.141. The molecule has 0 N–H and O–H groups in total. The molecular weight excluding hydrogens is 424 g/mol. The summed E-state index contributed by atoms with van der Waals surface area (Å²) in [6.07, 6.45) is -0.278. The quantitative estimate of drug-likeness (QED) is 0.316. The molecule has 0 radical (unpaired) electrons. The number of thiophene rings is 1. The van der Waals surface area contributed by atoms with Gasteiger partial charge in [0, 0.05) is 16.0 Å². The van der Waals surface area contributed by atoms with E-state index in [4.69, 9.17) is 9.72 Å². The molecule has 162 valence electrons. The molecule has 1 atom stereocenters. The Kier molecular flexibility index (Phi) is 6.01. The fourth-order valence-electron chi connectivity index (χ4n) is 3.72. The summed E-state index contributed by atoms with van der Waals surface area (Å²) in [4.78, 5) is 46.1. The zero-order valence-electron chi connectivity index (χ0n) is 18.0. The Morgan fingerprint density at radius 3 is 2.28 bits per heavy atom. The fourth-order valence-corrected chi connectivity index (χ4v) is 4.74. The van der Waals surface area contributed by atoms with Crippen molar-refractivity contribution in [2.45, 2.75) is 26.3 Å². The summed E-state index contributed by atoms with van der Waals surface area (Å²) in [5, 5.41) is 0.475. The number of hydrogen-bond acceptors (Lipinski definition) is 6. The molecule has 1 unspecified atom stereocenters. The lowest BCUT2D eigenvalue weighted by Crippen LogP contribution is -2.34. The Morgan fingerprint density at radius 1 is 1.03 bits per heavy atom. The number of rotatable bonds is 6. The van der Waals surface area contributed by atoms with Crippen molar-refractivity contribution in [2.75, 3.05) is 7.11 Å². The van der Waals surface area contributed by atoms with Crippen LogP contribution in [-0.4, -0.2) is 28.4 Å². The Morgan fingerprint density at radius 2 is 1.66 bits per heavy atom. The third-order valence-corrected chi connectivity index (χ3v) is 6.63. The predicted octanol–water partition coefficient (Wildman–Crippen LogP) is 4.73. The first-order valence-electron chi connectivity index (χ1n) is 10.2. The van der Waals surface area contributed by atoms with Crippen molar-refractivity contribution in [3.05, 3.63) is 87.0 Å². The molecule has 4 rings (SSSR count). The second kappa shape index (κ2) is 8.88. The number of fused-ring (bicyclic) bond motifs is 1. The largest absolute Gasteiger partial charge is 0.469 e. The zero-order valence-corrected chi connectivity index (χ0v) is 18.8. The van der Waals surface area contributed by atoms with E-state index < -0.39 is 12.0 Å². The SMILES string of the molecule is COC(=O)CC(C(=O)c1ccccc1)n1c(-c2ccccc2)nc2sc(C)c(C)c2c1=O. The van der Waals surface area contributed by atoms with E-state index in [0.29, 0.717) is 27.2 Å². The smallest absolute Gasteiger partial charge is 0.308 e. The molecule has 2 heterocycles. The van der Waals surface area contributed by atoms with Gasteiger partial charge in [-0.15, -0.1) is 11.3 Å². The van der Waals surface area contributed by atoms with Crippen LogP contribution >= 0.6 is 11.3 Å². The van der Waals surface area contributed by atoms with Gasteiger partial charge in [0.1, 0.15) is 16.7 Å². The predicted molar refractivity (Wildman–Crippen MR) is 125 cm³/mol.